The van der Waals surface area contributed by atoms with E-state index in [1.807, 2.05) is 0 Å². The van der Waals surface area contributed by atoms with Crippen molar-refractivity contribution in [3.8, 4) is 0 Å². The third kappa shape index (κ3) is 5.60. The van der Waals surface area contributed by atoms with E-state index in [1.165, 1.54) is 70.2 Å². The molecule has 0 nitrogen and oxygen atoms in total. The predicted octanol–water partition coefficient (Wildman–Crippen LogP) is 9.49. The van der Waals surface area contributed by atoms with Crippen molar-refractivity contribution in [2.24, 2.45) is 5.92 Å². The van der Waals surface area contributed by atoms with Gasteiger partial charge in [-0.25, -0.2) is 0 Å². The Hall–Kier alpha value is -2.60. The molecule has 0 amide bonds. The van der Waals surface area contributed by atoms with Gasteiger partial charge >= 0.3 is 0 Å². The van der Waals surface area contributed by atoms with Gasteiger partial charge in [-0.05, 0) is 98.3 Å². The van der Waals surface area contributed by atoms with E-state index < -0.39 is 0 Å². The van der Waals surface area contributed by atoms with Gasteiger partial charge in [0.25, 0.3) is 0 Å². The van der Waals surface area contributed by atoms with E-state index >= 15 is 0 Å². The summed E-state index contributed by atoms with van der Waals surface area (Å²) >= 11 is 0. The van der Waals surface area contributed by atoms with Gasteiger partial charge in [0.2, 0.25) is 0 Å². The Morgan fingerprint density at radius 3 is 2.00 bits per heavy atom. The van der Waals surface area contributed by atoms with E-state index in [-0.39, 0.29) is 0 Å². The zero-order chi connectivity index (χ0) is 23.1. The molecule has 0 spiro atoms. The highest BCUT2D eigenvalue weighted by atomic mass is 14.3. The molecule has 1 aliphatic carbocycles. The molecule has 0 N–H and O–H groups in total. The average molecular weight is 425 g/mol. The highest BCUT2D eigenvalue weighted by molar-refractivity contribution is 5.83. The topological polar surface area (TPSA) is 0 Å². The van der Waals surface area contributed by atoms with Crippen LogP contribution in [0.25, 0.3) is 5.57 Å². The molecule has 0 heterocycles. The van der Waals surface area contributed by atoms with Crippen molar-refractivity contribution >= 4 is 5.57 Å². The van der Waals surface area contributed by atoms with Crippen LogP contribution in [-0.2, 0) is 6.42 Å². The monoisotopic (exact) mass is 424 g/mol. The second kappa shape index (κ2) is 11.3. The first-order valence-corrected chi connectivity index (χ1v) is 12.3. The quantitative estimate of drug-likeness (QED) is 0.370. The molecule has 0 heteroatoms. The predicted molar refractivity (Wildman–Crippen MR) is 142 cm³/mol. The SMILES string of the molecule is C=C/C(=C(C(/C)=C(/C)CC)\C(C)=C(/C)C1CCCC1)c1ccc(Cc2ccccc2)cc1. The van der Waals surface area contributed by atoms with Gasteiger partial charge in [-0.3, -0.25) is 0 Å². The van der Waals surface area contributed by atoms with Crippen LogP contribution in [0.5, 0.6) is 0 Å². The molecule has 0 saturated heterocycles. The summed E-state index contributed by atoms with van der Waals surface area (Å²) in [5, 5.41) is 0. The van der Waals surface area contributed by atoms with Gasteiger partial charge in [0, 0.05) is 0 Å². The summed E-state index contributed by atoms with van der Waals surface area (Å²) in [5.74, 6) is 0.735. The third-order valence-electron chi connectivity index (χ3n) is 7.47. The molecular weight excluding hydrogens is 384 g/mol. The van der Waals surface area contributed by atoms with Crippen LogP contribution in [-0.4, -0.2) is 0 Å². The number of hydrogen-bond acceptors (Lipinski definition) is 0. The summed E-state index contributed by atoms with van der Waals surface area (Å²) in [7, 11) is 0. The lowest BCUT2D eigenvalue weighted by molar-refractivity contribution is 0.636. The van der Waals surface area contributed by atoms with Crippen LogP contribution in [0.2, 0.25) is 0 Å². The Morgan fingerprint density at radius 1 is 0.844 bits per heavy atom. The zero-order valence-electron chi connectivity index (χ0n) is 20.8. The van der Waals surface area contributed by atoms with Crippen LogP contribution < -0.4 is 0 Å². The maximum atomic E-state index is 4.25. The van der Waals surface area contributed by atoms with Crippen LogP contribution in [0.1, 0.15) is 83.4 Å². The van der Waals surface area contributed by atoms with Crippen molar-refractivity contribution in [3.05, 3.63) is 112 Å². The van der Waals surface area contributed by atoms with Gasteiger partial charge in [0.15, 0.2) is 0 Å². The van der Waals surface area contributed by atoms with Gasteiger partial charge in [-0.15, -0.1) is 0 Å². The summed E-state index contributed by atoms with van der Waals surface area (Å²) < 4.78 is 0. The maximum Gasteiger partial charge on any atom is -0.00258 e. The molecular formula is C32H40. The lowest BCUT2D eigenvalue weighted by Gasteiger charge is -2.22. The number of rotatable bonds is 8. The van der Waals surface area contributed by atoms with Gasteiger partial charge in [0.05, 0.1) is 0 Å². The van der Waals surface area contributed by atoms with E-state index in [0.717, 1.165) is 18.8 Å². The summed E-state index contributed by atoms with van der Waals surface area (Å²) in [5.41, 5.74) is 12.5. The van der Waals surface area contributed by atoms with Crippen LogP contribution in [0.15, 0.2) is 95.1 Å². The van der Waals surface area contributed by atoms with Gasteiger partial charge in [-0.2, -0.15) is 0 Å². The Bertz CT molecular complexity index is 1000. The molecule has 1 fully saturated rings. The van der Waals surface area contributed by atoms with Gasteiger partial charge in [-0.1, -0.05) is 98.2 Å². The molecule has 3 rings (SSSR count). The summed E-state index contributed by atoms with van der Waals surface area (Å²) in [6.45, 7) is 15.8. The van der Waals surface area contributed by atoms with Crippen LogP contribution in [0, 0.1) is 5.92 Å². The van der Waals surface area contributed by atoms with Crippen molar-refractivity contribution in [1.82, 2.24) is 0 Å². The molecule has 0 aliphatic heterocycles. The zero-order valence-corrected chi connectivity index (χ0v) is 20.8. The molecule has 2 aromatic rings. The lowest BCUT2D eigenvalue weighted by Crippen LogP contribution is -2.04. The van der Waals surface area contributed by atoms with Crippen molar-refractivity contribution in [2.75, 3.05) is 0 Å². The Labute approximate surface area is 196 Å². The minimum atomic E-state index is 0.735. The van der Waals surface area contributed by atoms with Crippen molar-refractivity contribution in [1.29, 1.82) is 0 Å². The van der Waals surface area contributed by atoms with Crippen molar-refractivity contribution in [3.63, 3.8) is 0 Å². The summed E-state index contributed by atoms with van der Waals surface area (Å²) in [6, 6.07) is 19.8. The first kappa shape index (κ1) is 24.1. The van der Waals surface area contributed by atoms with Crippen LogP contribution >= 0.6 is 0 Å². The standard InChI is InChI=1S/C32H40/c1-7-23(3)24(4)32(26(6)25(5)29-16-12-13-17-29)31(8-2)30-20-18-28(19-21-30)22-27-14-10-9-11-15-27/h8-11,14-15,18-21,29H,2,7,12-13,16-17,22H2,1,3-6H3/b24-23-,26-25+,32-31+. The van der Waals surface area contributed by atoms with Crippen LogP contribution in [0.3, 0.4) is 0 Å². The average Bonchev–Trinajstić information content (AvgIpc) is 3.37. The Kier molecular flexibility index (Phi) is 8.51. The highest BCUT2D eigenvalue weighted by Crippen LogP contribution is 2.39. The van der Waals surface area contributed by atoms with Gasteiger partial charge < -0.3 is 0 Å². The Morgan fingerprint density at radius 2 is 1.44 bits per heavy atom. The summed E-state index contributed by atoms with van der Waals surface area (Å²) in [4.78, 5) is 0. The molecule has 0 radical (unpaired) electrons. The molecule has 1 saturated carbocycles. The minimum Gasteiger partial charge on any atom is -0.0984 e. The smallest absolute Gasteiger partial charge is 0.00258 e. The largest absolute Gasteiger partial charge is 0.0984 e. The first-order valence-electron chi connectivity index (χ1n) is 12.3. The molecule has 0 atom stereocenters. The molecule has 168 valence electrons. The second-order valence-corrected chi connectivity index (χ2v) is 9.40. The first-order chi connectivity index (χ1) is 15.5. The summed E-state index contributed by atoms with van der Waals surface area (Å²) in [6.07, 6.45) is 9.52. The maximum absolute atomic E-state index is 4.25. The minimum absolute atomic E-state index is 0.735. The number of benzene rings is 2. The van der Waals surface area contributed by atoms with E-state index in [0.29, 0.717) is 0 Å². The molecule has 0 bridgehead atoms. The van der Waals surface area contributed by atoms with E-state index in [4.69, 9.17) is 0 Å². The number of allylic oxidation sites excluding steroid dienone is 7. The van der Waals surface area contributed by atoms with Crippen LogP contribution in [0.4, 0.5) is 0 Å². The van der Waals surface area contributed by atoms with E-state index in [1.54, 1.807) is 5.57 Å². The molecule has 32 heavy (non-hydrogen) atoms. The second-order valence-electron chi connectivity index (χ2n) is 9.40. The van der Waals surface area contributed by atoms with E-state index in [2.05, 4.69) is 102 Å². The van der Waals surface area contributed by atoms with E-state index in [9.17, 15) is 0 Å². The highest BCUT2D eigenvalue weighted by Gasteiger charge is 2.21. The molecule has 0 unspecified atom stereocenters. The molecule has 2 aromatic carbocycles. The fourth-order valence-corrected chi connectivity index (χ4v) is 5.02. The number of hydrogen-bond donors (Lipinski definition) is 0. The van der Waals surface area contributed by atoms with Crippen molar-refractivity contribution in [2.45, 2.75) is 73.1 Å². The fourth-order valence-electron chi connectivity index (χ4n) is 5.02. The normalized spacial score (nSPS) is 16.9. The third-order valence-corrected chi connectivity index (χ3v) is 7.47. The van der Waals surface area contributed by atoms with Gasteiger partial charge in [0.1, 0.15) is 0 Å². The lowest BCUT2D eigenvalue weighted by atomic mass is 9.83. The molecule has 0 aromatic heterocycles. The van der Waals surface area contributed by atoms with Crippen molar-refractivity contribution < 1.29 is 0 Å². The Balaban J connectivity index is 2.06. The molecule has 1 aliphatic rings. The fraction of sp³-hybridized carbons (Fsp3) is 0.375.